The fraction of sp³-hybridized carbons (Fsp3) is 0.263. The van der Waals surface area contributed by atoms with Gasteiger partial charge in [-0.2, -0.15) is 0 Å². The van der Waals surface area contributed by atoms with Gasteiger partial charge >= 0.3 is 5.97 Å². The van der Waals surface area contributed by atoms with Crippen molar-refractivity contribution in [2.24, 2.45) is 0 Å². The van der Waals surface area contributed by atoms with Crippen LogP contribution in [0, 0.1) is 0 Å². The Morgan fingerprint density at radius 2 is 1.78 bits per heavy atom. The summed E-state index contributed by atoms with van der Waals surface area (Å²) in [6.07, 6.45) is 2.68. The average Bonchev–Trinajstić information content (AvgIpc) is 2.47. The molecule has 0 atom stereocenters. The number of rotatable bonds is 5. The summed E-state index contributed by atoms with van der Waals surface area (Å²) in [5.74, 6) is -0.893. The SMILES string of the molecule is O=C(O)Cc1cccc(NC(=O)C2(c3ccccc3)CCC2)c1. The summed E-state index contributed by atoms with van der Waals surface area (Å²) < 4.78 is 0. The van der Waals surface area contributed by atoms with Crippen LogP contribution in [0.4, 0.5) is 5.69 Å². The van der Waals surface area contributed by atoms with Crippen molar-refractivity contribution in [2.45, 2.75) is 31.1 Å². The van der Waals surface area contributed by atoms with E-state index in [1.54, 1.807) is 24.3 Å². The summed E-state index contributed by atoms with van der Waals surface area (Å²) in [6, 6.07) is 16.9. The Morgan fingerprint density at radius 3 is 2.39 bits per heavy atom. The molecule has 0 spiro atoms. The highest BCUT2D eigenvalue weighted by Gasteiger charge is 2.45. The monoisotopic (exact) mass is 309 g/mol. The second kappa shape index (κ2) is 6.24. The largest absolute Gasteiger partial charge is 0.481 e. The molecule has 4 heteroatoms. The molecule has 1 saturated carbocycles. The van der Waals surface area contributed by atoms with Gasteiger partial charge in [0, 0.05) is 5.69 Å². The Kier molecular flexibility index (Phi) is 4.15. The van der Waals surface area contributed by atoms with Gasteiger partial charge in [0.05, 0.1) is 11.8 Å². The number of carboxylic acid groups (broad SMARTS) is 1. The first-order valence-corrected chi connectivity index (χ1v) is 7.78. The van der Waals surface area contributed by atoms with Gasteiger partial charge in [-0.15, -0.1) is 0 Å². The van der Waals surface area contributed by atoms with Crippen LogP contribution in [0.25, 0.3) is 0 Å². The van der Waals surface area contributed by atoms with Crippen molar-refractivity contribution in [3.8, 4) is 0 Å². The third-order valence-electron chi connectivity index (χ3n) is 4.51. The van der Waals surface area contributed by atoms with Gasteiger partial charge in [-0.25, -0.2) is 0 Å². The fourth-order valence-electron chi connectivity index (χ4n) is 3.12. The number of carbonyl (C=O) groups is 2. The van der Waals surface area contributed by atoms with Crippen molar-refractivity contribution < 1.29 is 14.7 Å². The summed E-state index contributed by atoms with van der Waals surface area (Å²) >= 11 is 0. The van der Waals surface area contributed by atoms with Crippen molar-refractivity contribution in [3.05, 3.63) is 65.7 Å². The van der Waals surface area contributed by atoms with Crippen LogP contribution in [0.3, 0.4) is 0 Å². The first-order chi connectivity index (χ1) is 11.1. The molecule has 2 aromatic rings. The highest BCUT2D eigenvalue weighted by atomic mass is 16.4. The molecule has 0 radical (unpaired) electrons. The van der Waals surface area contributed by atoms with E-state index in [-0.39, 0.29) is 12.3 Å². The molecule has 0 aliphatic heterocycles. The standard InChI is InChI=1S/C19H19NO3/c21-17(22)13-14-6-4-9-16(12-14)20-18(23)19(10-5-11-19)15-7-2-1-3-8-15/h1-4,6-9,12H,5,10-11,13H2,(H,20,23)(H,21,22). The van der Waals surface area contributed by atoms with Crippen molar-refractivity contribution in [1.82, 2.24) is 0 Å². The zero-order chi connectivity index (χ0) is 16.3. The molecule has 1 aliphatic carbocycles. The molecule has 118 valence electrons. The minimum atomic E-state index is -0.881. The van der Waals surface area contributed by atoms with E-state index in [1.165, 1.54) is 0 Å². The smallest absolute Gasteiger partial charge is 0.307 e. The van der Waals surface area contributed by atoms with Crippen molar-refractivity contribution >= 4 is 17.6 Å². The van der Waals surface area contributed by atoms with E-state index < -0.39 is 11.4 Å². The highest BCUT2D eigenvalue weighted by molar-refractivity contribution is 6.00. The number of amides is 1. The van der Waals surface area contributed by atoms with Gasteiger partial charge in [0.15, 0.2) is 0 Å². The molecular formula is C19H19NO3. The van der Waals surface area contributed by atoms with Crippen molar-refractivity contribution in [2.75, 3.05) is 5.32 Å². The number of anilines is 1. The van der Waals surface area contributed by atoms with Gasteiger partial charge in [-0.3, -0.25) is 9.59 Å². The molecule has 0 unspecified atom stereocenters. The van der Waals surface area contributed by atoms with E-state index in [1.807, 2.05) is 30.3 Å². The van der Waals surface area contributed by atoms with Gasteiger partial charge in [-0.05, 0) is 36.1 Å². The zero-order valence-corrected chi connectivity index (χ0v) is 12.8. The summed E-state index contributed by atoms with van der Waals surface area (Å²) in [4.78, 5) is 23.6. The number of carboxylic acids is 1. The van der Waals surface area contributed by atoms with Crippen molar-refractivity contribution in [1.29, 1.82) is 0 Å². The Hall–Kier alpha value is -2.62. The third-order valence-corrected chi connectivity index (χ3v) is 4.51. The van der Waals surface area contributed by atoms with Gasteiger partial charge in [0.2, 0.25) is 5.91 Å². The van der Waals surface area contributed by atoms with Gasteiger partial charge in [-0.1, -0.05) is 48.9 Å². The maximum atomic E-state index is 12.8. The molecule has 0 aromatic heterocycles. The quantitative estimate of drug-likeness (QED) is 0.890. The third kappa shape index (κ3) is 3.11. The highest BCUT2D eigenvalue weighted by Crippen LogP contribution is 2.44. The molecule has 0 heterocycles. The second-order valence-electron chi connectivity index (χ2n) is 6.03. The first kappa shape index (κ1) is 15.3. The minimum Gasteiger partial charge on any atom is -0.481 e. The summed E-state index contributed by atoms with van der Waals surface area (Å²) in [6.45, 7) is 0. The molecule has 23 heavy (non-hydrogen) atoms. The van der Waals surface area contributed by atoms with Crippen LogP contribution in [-0.2, 0) is 21.4 Å². The molecule has 1 amide bonds. The van der Waals surface area contributed by atoms with Gasteiger partial charge in [0.25, 0.3) is 0 Å². The maximum Gasteiger partial charge on any atom is 0.307 e. The minimum absolute atomic E-state index is 0.0116. The van der Waals surface area contributed by atoms with Crippen LogP contribution in [0.1, 0.15) is 30.4 Å². The normalized spacial score (nSPS) is 15.5. The van der Waals surface area contributed by atoms with E-state index in [0.29, 0.717) is 11.3 Å². The van der Waals surface area contributed by atoms with E-state index in [9.17, 15) is 9.59 Å². The Bertz CT molecular complexity index is 720. The molecule has 3 rings (SSSR count). The lowest BCUT2D eigenvalue weighted by molar-refractivity contribution is -0.136. The molecule has 1 fully saturated rings. The van der Waals surface area contributed by atoms with Crippen molar-refractivity contribution in [3.63, 3.8) is 0 Å². The number of hydrogen-bond acceptors (Lipinski definition) is 2. The number of carbonyl (C=O) groups excluding carboxylic acids is 1. The summed E-state index contributed by atoms with van der Waals surface area (Å²) in [5.41, 5.74) is 1.92. The predicted octanol–water partition coefficient (Wildman–Crippen LogP) is 3.37. The molecule has 0 saturated heterocycles. The van der Waals surface area contributed by atoms with E-state index in [4.69, 9.17) is 5.11 Å². The Balaban J connectivity index is 1.80. The Morgan fingerprint density at radius 1 is 1.04 bits per heavy atom. The topological polar surface area (TPSA) is 66.4 Å². The first-order valence-electron chi connectivity index (χ1n) is 7.78. The van der Waals surface area contributed by atoms with Crippen LogP contribution in [-0.4, -0.2) is 17.0 Å². The number of nitrogens with one attached hydrogen (secondary N) is 1. The maximum absolute atomic E-state index is 12.8. The predicted molar refractivity (Wildman–Crippen MR) is 88.4 cm³/mol. The summed E-state index contributed by atoms with van der Waals surface area (Å²) in [5, 5.41) is 11.8. The van der Waals surface area contributed by atoms with Crippen LogP contribution in [0.5, 0.6) is 0 Å². The molecule has 2 aromatic carbocycles. The van der Waals surface area contributed by atoms with E-state index >= 15 is 0 Å². The number of aliphatic carboxylic acids is 1. The van der Waals surface area contributed by atoms with E-state index in [2.05, 4.69) is 5.32 Å². The van der Waals surface area contributed by atoms with Gasteiger partial charge < -0.3 is 10.4 Å². The molecule has 4 nitrogen and oxygen atoms in total. The van der Waals surface area contributed by atoms with Crippen LogP contribution >= 0.6 is 0 Å². The fourth-order valence-corrected chi connectivity index (χ4v) is 3.12. The lowest BCUT2D eigenvalue weighted by Crippen LogP contribution is -2.45. The second-order valence-corrected chi connectivity index (χ2v) is 6.03. The van der Waals surface area contributed by atoms with Crippen LogP contribution in [0.2, 0.25) is 0 Å². The lowest BCUT2D eigenvalue weighted by atomic mass is 9.64. The average molecular weight is 309 g/mol. The molecule has 0 bridgehead atoms. The lowest BCUT2D eigenvalue weighted by Gasteiger charge is -2.40. The van der Waals surface area contributed by atoms with E-state index in [0.717, 1.165) is 24.8 Å². The molecular weight excluding hydrogens is 290 g/mol. The van der Waals surface area contributed by atoms with Crippen LogP contribution < -0.4 is 5.32 Å². The molecule has 2 N–H and O–H groups in total. The molecule has 1 aliphatic rings. The van der Waals surface area contributed by atoms with Gasteiger partial charge in [0.1, 0.15) is 0 Å². The summed E-state index contributed by atoms with van der Waals surface area (Å²) in [7, 11) is 0. The Labute approximate surface area is 135 Å². The number of benzene rings is 2. The number of hydrogen-bond donors (Lipinski definition) is 2. The van der Waals surface area contributed by atoms with Crippen LogP contribution in [0.15, 0.2) is 54.6 Å². The zero-order valence-electron chi connectivity index (χ0n) is 12.8.